The number of nitrogens with zero attached hydrogens (tertiary/aromatic N) is 1. The van der Waals surface area contributed by atoms with Crippen molar-refractivity contribution in [3.8, 4) is 0 Å². The first-order valence-corrected chi connectivity index (χ1v) is 6.09. The van der Waals surface area contributed by atoms with Crippen LogP contribution in [0.3, 0.4) is 0 Å². The first kappa shape index (κ1) is 13.7. The van der Waals surface area contributed by atoms with E-state index in [0.29, 0.717) is 21.4 Å². The first-order valence-electron chi connectivity index (χ1n) is 5.33. The Hall–Kier alpha value is -1.72. The summed E-state index contributed by atoms with van der Waals surface area (Å²) in [4.78, 5) is 23.6. The Morgan fingerprint density at radius 1 is 1.37 bits per heavy atom. The monoisotopic (exact) mass is 300 g/mol. The zero-order valence-electron chi connectivity index (χ0n) is 10.2. The fourth-order valence-electron chi connectivity index (χ4n) is 1.58. The maximum Gasteiger partial charge on any atom is 0.370 e. The van der Waals surface area contributed by atoms with Crippen molar-refractivity contribution < 1.29 is 9.32 Å². The highest BCUT2D eigenvalue weighted by atomic mass is 35.5. The predicted octanol–water partition coefficient (Wildman–Crippen LogP) is 2.85. The first-order chi connectivity index (χ1) is 8.90. The maximum atomic E-state index is 12.0. The summed E-state index contributed by atoms with van der Waals surface area (Å²) < 4.78 is 6.04. The van der Waals surface area contributed by atoms with Crippen molar-refractivity contribution in [3.63, 3.8) is 0 Å². The van der Waals surface area contributed by atoms with Crippen LogP contribution in [0, 0.1) is 6.92 Å². The summed E-state index contributed by atoms with van der Waals surface area (Å²) in [5.74, 6) is -0.573. The van der Waals surface area contributed by atoms with Gasteiger partial charge in [0.1, 0.15) is 5.56 Å². The molecule has 0 aliphatic heterocycles. The molecule has 0 radical (unpaired) electrons. The van der Waals surface area contributed by atoms with Crippen LogP contribution in [0.2, 0.25) is 10.0 Å². The number of carbonyl (C=O) groups excluding carboxylic acids is 1. The summed E-state index contributed by atoms with van der Waals surface area (Å²) in [5.41, 5.74) is 0.0717. The molecule has 2 rings (SSSR count). The van der Waals surface area contributed by atoms with Gasteiger partial charge in [-0.2, -0.15) is 0 Å². The largest absolute Gasteiger partial charge is 0.370 e. The smallest absolute Gasteiger partial charge is 0.336 e. The van der Waals surface area contributed by atoms with E-state index in [1.54, 1.807) is 26.1 Å². The SMILES string of the molecule is Cc1c(C(=O)Nc2ccc(Cl)cc2Cl)c(=O)on1C. The maximum absolute atomic E-state index is 12.0. The lowest BCUT2D eigenvalue weighted by atomic mass is 10.2. The molecule has 1 aromatic heterocycles. The van der Waals surface area contributed by atoms with E-state index in [0.717, 1.165) is 0 Å². The molecule has 7 heteroatoms. The fourth-order valence-corrected chi connectivity index (χ4v) is 2.03. The quantitative estimate of drug-likeness (QED) is 0.927. The number of rotatable bonds is 2. The summed E-state index contributed by atoms with van der Waals surface area (Å²) in [6.07, 6.45) is 0. The molecule has 0 saturated heterocycles. The molecule has 1 heterocycles. The Morgan fingerprint density at radius 2 is 2.05 bits per heavy atom. The molecule has 0 fully saturated rings. The van der Waals surface area contributed by atoms with E-state index in [1.807, 2.05) is 0 Å². The van der Waals surface area contributed by atoms with Crippen LogP contribution in [0.15, 0.2) is 27.5 Å². The molecule has 0 atom stereocenters. The third-order valence-corrected chi connectivity index (χ3v) is 3.21. The van der Waals surface area contributed by atoms with Gasteiger partial charge in [0.15, 0.2) is 0 Å². The molecule has 1 aromatic carbocycles. The molecule has 100 valence electrons. The second kappa shape index (κ2) is 5.11. The van der Waals surface area contributed by atoms with E-state index in [2.05, 4.69) is 5.32 Å². The molecule has 1 amide bonds. The van der Waals surface area contributed by atoms with E-state index in [-0.39, 0.29) is 5.56 Å². The molecule has 19 heavy (non-hydrogen) atoms. The van der Waals surface area contributed by atoms with E-state index >= 15 is 0 Å². The Kier molecular flexibility index (Phi) is 3.68. The van der Waals surface area contributed by atoms with Gasteiger partial charge in [0.05, 0.1) is 16.4 Å². The molecule has 0 saturated carbocycles. The number of aryl methyl sites for hydroxylation is 1. The van der Waals surface area contributed by atoms with Gasteiger partial charge in [0.2, 0.25) is 0 Å². The Bertz CT molecular complexity index is 703. The molecule has 0 bridgehead atoms. The highest BCUT2D eigenvalue weighted by Gasteiger charge is 2.20. The Labute approximate surface area is 118 Å². The van der Waals surface area contributed by atoms with Crippen LogP contribution in [-0.4, -0.2) is 10.6 Å². The minimum atomic E-state index is -0.692. The van der Waals surface area contributed by atoms with Crippen molar-refractivity contribution >= 4 is 34.8 Å². The normalized spacial score (nSPS) is 10.5. The topological polar surface area (TPSA) is 64.2 Å². The number of aromatic nitrogens is 1. The van der Waals surface area contributed by atoms with Crippen molar-refractivity contribution in [2.24, 2.45) is 7.05 Å². The van der Waals surface area contributed by atoms with Gasteiger partial charge in [0.25, 0.3) is 5.91 Å². The van der Waals surface area contributed by atoms with E-state index in [4.69, 9.17) is 27.7 Å². The van der Waals surface area contributed by atoms with Crippen LogP contribution in [-0.2, 0) is 7.05 Å². The molecule has 2 aromatic rings. The van der Waals surface area contributed by atoms with Crippen molar-refractivity contribution in [2.75, 3.05) is 5.32 Å². The molecular formula is C12H10Cl2N2O3. The van der Waals surface area contributed by atoms with Gasteiger partial charge < -0.3 is 9.84 Å². The highest BCUT2D eigenvalue weighted by molar-refractivity contribution is 6.36. The molecule has 0 aliphatic carbocycles. The summed E-state index contributed by atoms with van der Waals surface area (Å²) >= 11 is 11.7. The number of hydrogen-bond donors (Lipinski definition) is 1. The zero-order valence-corrected chi connectivity index (χ0v) is 11.7. The Morgan fingerprint density at radius 3 is 2.58 bits per heavy atom. The number of anilines is 1. The average Bonchev–Trinajstić information content (AvgIpc) is 2.57. The van der Waals surface area contributed by atoms with Crippen molar-refractivity contribution in [3.05, 3.63) is 49.9 Å². The lowest BCUT2D eigenvalue weighted by molar-refractivity contribution is 0.102. The summed E-state index contributed by atoms with van der Waals surface area (Å²) in [6, 6.07) is 4.64. The van der Waals surface area contributed by atoms with Crippen LogP contribution < -0.4 is 10.9 Å². The van der Waals surface area contributed by atoms with Gasteiger partial charge >= 0.3 is 5.63 Å². The summed E-state index contributed by atoms with van der Waals surface area (Å²) in [7, 11) is 1.54. The molecular weight excluding hydrogens is 291 g/mol. The third kappa shape index (κ3) is 2.67. The van der Waals surface area contributed by atoms with Crippen LogP contribution in [0.4, 0.5) is 5.69 Å². The minimum absolute atomic E-state index is 0.0477. The van der Waals surface area contributed by atoms with Crippen molar-refractivity contribution in [2.45, 2.75) is 6.92 Å². The zero-order chi connectivity index (χ0) is 14.2. The standard InChI is InChI=1S/C12H10Cl2N2O3/c1-6-10(12(18)19-16(6)2)11(17)15-9-4-3-7(13)5-8(9)14/h3-5H,1-2H3,(H,15,17). The van der Waals surface area contributed by atoms with Gasteiger partial charge in [0, 0.05) is 12.1 Å². The molecule has 0 unspecified atom stereocenters. The number of amides is 1. The van der Waals surface area contributed by atoms with Gasteiger partial charge in [-0.05, 0) is 25.1 Å². The molecule has 1 N–H and O–H groups in total. The highest BCUT2D eigenvalue weighted by Crippen LogP contribution is 2.25. The van der Waals surface area contributed by atoms with Crippen molar-refractivity contribution in [1.82, 2.24) is 4.74 Å². The fraction of sp³-hybridized carbons (Fsp3) is 0.167. The predicted molar refractivity (Wildman–Crippen MR) is 73.1 cm³/mol. The average molecular weight is 301 g/mol. The van der Waals surface area contributed by atoms with Gasteiger partial charge in [-0.3, -0.25) is 4.79 Å². The van der Waals surface area contributed by atoms with Crippen LogP contribution in [0.1, 0.15) is 16.1 Å². The second-order valence-electron chi connectivity index (χ2n) is 3.91. The van der Waals surface area contributed by atoms with Crippen LogP contribution in [0.25, 0.3) is 0 Å². The molecule has 0 spiro atoms. The lowest BCUT2D eigenvalue weighted by Gasteiger charge is -2.06. The number of carbonyl (C=O) groups is 1. The van der Waals surface area contributed by atoms with Crippen LogP contribution in [0.5, 0.6) is 0 Å². The number of halogens is 2. The van der Waals surface area contributed by atoms with E-state index in [1.165, 1.54) is 10.8 Å². The molecule has 5 nitrogen and oxygen atoms in total. The number of benzene rings is 1. The van der Waals surface area contributed by atoms with Gasteiger partial charge in [-0.1, -0.05) is 23.2 Å². The Balaban J connectivity index is 2.33. The minimum Gasteiger partial charge on any atom is -0.336 e. The third-order valence-electron chi connectivity index (χ3n) is 2.66. The van der Waals surface area contributed by atoms with Crippen LogP contribution >= 0.6 is 23.2 Å². The van der Waals surface area contributed by atoms with Crippen molar-refractivity contribution in [1.29, 1.82) is 0 Å². The van der Waals surface area contributed by atoms with E-state index in [9.17, 15) is 9.59 Å². The number of hydrogen-bond acceptors (Lipinski definition) is 3. The summed E-state index contributed by atoms with van der Waals surface area (Å²) in [6.45, 7) is 1.61. The lowest BCUT2D eigenvalue weighted by Crippen LogP contribution is -2.19. The van der Waals surface area contributed by atoms with Gasteiger partial charge in [-0.25, -0.2) is 9.53 Å². The van der Waals surface area contributed by atoms with Gasteiger partial charge in [-0.15, -0.1) is 0 Å². The van der Waals surface area contributed by atoms with E-state index < -0.39 is 11.5 Å². The number of nitrogens with one attached hydrogen (secondary N) is 1. The molecule has 0 aliphatic rings. The summed E-state index contributed by atoms with van der Waals surface area (Å²) in [5, 5.41) is 3.29. The second-order valence-corrected chi connectivity index (χ2v) is 4.76.